The number of alkyl halides is 1. The van der Waals surface area contributed by atoms with Crippen LogP contribution in [0.25, 0.3) is 10.8 Å². The van der Waals surface area contributed by atoms with Crippen molar-refractivity contribution in [3.8, 4) is 10.8 Å². The molecule has 0 aliphatic rings. The van der Waals surface area contributed by atoms with Crippen LogP contribution in [0.4, 0.5) is 0 Å². The molecule has 0 saturated heterocycles. The Labute approximate surface area is 90.7 Å². The summed E-state index contributed by atoms with van der Waals surface area (Å²) in [5.41, 5.74) is 0. The van der Waals surface area contributed by atoms with Gasteiger partial charge in [0.15, 0.2) is 5.82 Å². The summed E-state index contributed by atoms with van der Waals surface area (Å²) in [7, 11) is 0. The number of halogens is 1. The summed E-state index contributed by atoms with van der Waals surface area (Å²) in [5.74, 6) is 1.12. The first-order valence-electron chi connectivity index (χ1n) is 4.32. The summed E-state index contributed by atoms with van der Waals surface area (Å²) in [5, 5.41) is 5.64. The second kappa shape index (κ2) is 4.11. The van der Waals surface area contributed by atoms with Crippen LogP contribution in [0.15, 0.2) is 22.0 Å². The molecule has 2 heterocycles. The smallest absolute Gasteiger partial charge is 0.268 e. The average Bonchev–Trinajstić information content (AvgIpc) is 2.86. The Morgan fingerprint density at radius 3 is 3.14 bits per heavy atom. The van der Waals surface area contributed by atoms with Gasteiger partial charge in [-0.25, -0.2) is 0 Å². The predicted molar refractivity (Wildman–Crippen MR) is 56.5 cm³/mol. The topological polar surface area (TPSA) is 38.9 Å². The van der Waals surface area contributed by atoms with Crippen LogP contribution in [0.1, 0.15) is 24.5 Å². The molecular weight excluding hydrogens is 220 g/mol. The molecule has 2 aromatic rings. The molecule has 5 heteroatoms. The van der Waals surface area contributed by atoms with Crippen molar-refractivity contribution in [1.29, 1.82) is 0 Å². The van der Waals surface area contributed by atoms with Crippen molar-refractivity contribution in [3.63, 3.8) is 0 Å². The second-order valence-corrected chi connectivity index (χ2v) is 4.29. The third-order valence-electron chi connectivity index (χ3n) is 1.81. The van der Waals surface area contributed by atoms with Crippen molar-refractivity contribution in [1.82, 2.24) is 10.1 Å². The van der Waals surface area contributed by atoms with Gasteiger partial charge in [0.05, 0.1) is 10.3 Å². The predicted octanol–water partition coefficient (Wildman–Crippen LogP) is 3.49. The summed E-state index contributed by atoms with van der Waals surface area (Å²) in [4.78, 5) is 5.20. The monoisotopic (exact) mass is 228 g/mol. The van der Waals surface area contributed by atoms with Crippen molar-refractivity contribution < 1.29 is 4.52 Å². The van der Waals surface area contributed by atoms with E-state index in [4.69, 9.17) is 16.1 Å². The van der Waals surface area contributed by atoms with Gasteiger partial charge in [0.1, 0.15) is 0 Å². The molecular formula is C9H9ClN2OS. The maximum Gasteiger partial charge on any atom is 0.268 e. The lowest BCUT2D eigenvalue weighted by molar-refractivity contribution is 0.422. The number of hydrogen-bond acceptors (Lipinski definition) is 4. The van der Waals surface area contributed by atoms with Crippen molar-refractivity contribution >= 4 is 22.9 Å². The maximum atomic E-state index is 5.98. The minimum Gasteiger partial charge on any atom is -0.333 e. The van der Waals surface area contributed by atoms with E-state index in [-0.39, 0.29) is 5.38 Å². The summed E-state index contributed by atoms with van der Waals surface area (Å²) in [6.45, 7) is 1.98. The molecule has 0 aliphatic carbocycles. The Morgan fingerprint density at radius 1 is 1.64 bits per heavy atom. The zero-order valence-electron chi connectivity index (χ0n) is 7.61. The minimum atomic E-state index is -0.160. The highest BCUT2D eigenvalue weighted by molar-refractivity contribution is 7.13. The Kier molecular flexibility index (Phi) is 2.84. The molecule has 0 amide bonds. The molecule has 3 nitrogen and oxygen atoms in total. The van der Waals surface area contributed by atoms with Crippen molar-refractivity contribution in [2.75, 3.05) is 0 Å². The molecule has 0 saturated carbocycles. The summed E-state index contributed by atoms with van der Waals surface area (Å²) >= 11 is 7.55. The molecule has 0 aliphatic heterocycles. The Balaban J connectivity index is 2.26. The third kappa shape index (κ3) is 1.81. The van der Waals surface area contributed by atoms with Crippen LogP contribution in [0.5, 0.6) is 0 Å². The van der Waals surface area contributed by atoms with Gasteiger partial charge in [0, 0.05) is 0 Å². The van der Waals surface area contributed by atoms with Crippen LogP contribution in [0, 0.1) is 0 Å². The van der Waals surface area contributed by atoms with Gasteiger partial charge in [-0.3, -0.25) is 0 Å². The zero-order valence-corrected chi connectivity index (χ0v) is 9.18. The Morgan fingerprint density at radius 2 is 2.50 bits per heavy atom. The fraction of sp³-hybridized carbons (Fsp3) is 0.333. The van der Waals surface area contributed by atoms with Crippen LogP contribution in [-0.2, 0) is 0 Å². The first-order valence-corrected chi connectivity index (χ1v) is 5.64. The first-order chi connectivity index (χ1) is 6.81. The standard InChI is InChI=1S/C9H9ClN2OS/c1-2-6(10)8-11-9(13-12-8)7-4-3-5-14-7/h3-6H,2H2,1H3. The molecule has 0 spiro atoms. The molecule has 2 aromatic heterocycles. The van der Waals surface area contributed by atoms with E-state index in [0.717, 1.165) is 11.3 Å². The van der Waals surface area contributed by atoms with Gasteiger partial charge in [-0.15, -0.1) is 22.9 Å². The number of nitrogens with zero attached hydrogens (tertiary/aromatic N) is 2. The molecule has 2 rings (SSSR count). The highest BCUT2D eigenvalue weighted by atomic mass is 35.5. The minimum absolute atomic E-state index is 0.160. The van der Waals surface area contributed by atoms with Crippen LogP contribution < -0.4 is 0 Å². The van der Waals surface area contributed by atoms with Gasteiger partial charge >= 0.3 is 0 Å². The molecule has 14 heavy (non-hydrogen) atoms. The van der Waals surface area contributed by atoms with E-state index in [0.29, 0.717) is 11.7 Å². The quantitative estimate of drug-likeness (QED) is 0.755. The van der Waals surface area contributed by atoms with Gasteiger partial charge in [-0.05, 0) is 17.9 Å². The van der Waals surface area contributed by atoms with Gasteiger partial charge in [0.2, 0.25) is 0 Å². The van der Waals surface area contributed by atoms with E-state index < -0.39 is 0 Å². The highest BCUT2D eigenvalue weighted by Crippen LogP contribution is 2.26. The van der Waals surface area contributed by atoms with Gasteiger partial charge in [0.25, 0.3) is 5.89 Å². The largest absolute Gasteiger partial charge is 0.333 e. The van der Waals surface area contributed by atoms with Crippen molar-refractivity contribution in [2.24, 2.45) is 0 Å². The molecule has 1 atom stereocenters. The summed E-state index contributed by atoms with van der Waals surface area (Å²) < 4.78 is 5.10. The van der Waals surface area contributed by atoms with Crippen LogP contribution in [-0.4, -0.2) is 10.1 Å². The lowest BCUT2D eigenvalue weighted by atomic mass is 10.3. The van der Waals surface area contributed by atoms with E-state index in [2.05, 4.69) is 10.1 Å². The number of thiophene rings is 1. The first kappa shape index (κ1) is 9.68. The van der Waals surface area contributed by atoms with E-state index in [1.54, 1.807) is 11.3 Å². The Bertz CT molecular complexity index is 399. The molecule has 74 valence electrons. The lowest BCUT2D eigenvalue weighted by Gasteiger charge is -1.95. The lowest BCUT2D eigenvalue weighted by Crippen LogP contribution is -1.90. The fourth-order valence-electron chi connectivity index (χ4n) is 1.04. The summed E-state index contributed by atoms with van der Waals surface area (Å²) in [6.07, 6.45) is 0.797. The fourth-order valence-corrected chi connectivity index (χ4v) is 1.78. The van der Waals surface area contributed by atoms with E-state index in [1.807, 2.05) is 24.4 Å². The van der Waals surface area contributed by atoms with Crippen molar-refractivity contribution in [2.45, 2.75) is 18.7 Å². The number of rotatable bonds is 3. The zero-order chi connectivity index (χ0) is 9.97. The average molecular weight is 229 g/mol. The molecule has 0 radical (unpaired) electrons. The highest BCUT2D eigenvalue weighted by Gasteiger charge is 2.14. The van der Waals surface area contributed by atoms with Crippen LogP contribution in [0.2, 0.25) is 0 Å². The molecule has 0 bridgehead atoms. The van der Waals surface area contributed by atoms with E-state index in [9.17, 15) is 0 Å². The van der Waals surface area contributed by atoms with Gasteiger partial charge in [-0.1, -0.05) is 18.1 Å². The number of aromatic nitrogens is 2. The SMILES string of the molecule is CCC(Cl)c1noc(-c2cccs2)n1. The van der Waals surface area contributed by atoms with Gasteiger partial charge in [-0.2, -0.15) is 4.98 Å². The molecule has 0 N–H and O–H groups in total. The van der Waals surface area contributed by atoms with E-state index >= 15 is 0 Å². The molecule has 0 fully saturated rings. The second-order valence-electron chi connectivity index (χ2n) is 2.81. The van der Waals surface area contributed by atoms with Crippen molar-refractivity contribution in [3.05, 3.63) is 23.3 Å². The Hall–Kier alpha value is -0.870. The summed E-state index contributed by atoms with van der Waals surface area (Å²) in [6, 6.07) is 3.89. The molecule has 0 aromatic carbocycles. The third-order valence-corrected chi connectivity index (χ3v) is 3.17. The van der Waals surface area contributed by atoms with E-state index in [1.165, 1.54) is 0 Å². The molecule has 1 unspecified atom stereocenters. The normalized spacial score (nSPS) is 13.0. The van der Waals surface area contributed by atoms with Crippen LogP contribution in [0.3, 0.4) is 0 Å². The van der Waals surface area contributed by atoms with Gasteiger partial charge < -0.3 is 4.52 Å². The number of hydrogen-bond donors (Lipinski definition) is 0. The van der Waals surface area contributed by atoms with Crippen LogP contribution >= 0.6 is 22.9 Å². The maximum absolute atomic E-state index is 5.98.